The third-order valence-electron chi connectivity index (χ3n) is 6.49. The molecule has 3 aromatic rings. The van der Waals surface area contributed by atoms with Gasteiger partial charge in [0.05, 0.1) is 17.1 Å². The number of hydrogen-bond donors (Lipinski definition) is 1. The second kappa shape index (κ2) is 14.0. The number of hydrogen-bond acceptors (Lipinski definition) is 4. The lowest BCUT2D eigenvalue weighted by Crippen LogP contribution is -2.38. The van der Waals surface area contributed by atoms with Gasteiger partial charge in [-0.15, -0.1) is 0 Å². The Labute approximate surface area is 247 Å². The largest absolute Gasteiger partial charge is 0.351 e. The topological polar surface area (TPSA) is 52.7 Å². The van der Waals surface area contributed by atoms with Crippen LogP contribution in [0.4, 0.5) is 5.69 Å². The maximum absolute atomic E-state index is 13.6. The summed E-state index contributed by atoms with van der Waals surface area (Å²) in [6.45, 7) is 12.8. The van der Waals surface area contributed by atoms with Gasteiger partial charge < -0.3 is 15.1 Å². The van der Waals surface area contributed by atoms with Crippen molar-refractivity contribution >= 4 is 46.9 Å². The molecule has 7 heteroatoms. The Balaban J connectivity index is 1.43. The van der Waals surface area contributed by atoms with E-state index in [-0.39, 0.29) is 11.8 Å². The summed E-state index contributed by atoms with van der Waals surface area (Å²) in [5, 5.41) is 3.70. The number of thioether (sulfide) groups is 1. The van der Waals surface area contributed by atoms with Crippen LogP contribution in [0.15, 0.2) is 82.6 Å². The van der Waals surface area contributed by atoms with Crippen molar-refractivity contribution in [3.8, 4) is 0 Å². The minimum absolute atomic E-state index is 0.0576. The normalized spacial score (nSPS) is 14.3. The first kappa shape index (κ1) is 29.9. The van der Waals surface area contributed by atoms with Crippen molar-refractivity contribution < 1.29 is 9.59 Å². The third kappa shape index (κ3) is 8.23. The molecule has 210 valence electrons. The molecular weight excluding hydrogens is 538 g/mol. The van der Waals surface area contributed by atoms with Crippen LogP contribution >= 0.6 is 23.4 Å². The summed E-state index contributed by atoms with van der Waals surface area (Å²) in [7, 11) is 0. The number of nitrogens with one attached hydrogen (secondary N) is 1. The first-order valence-electron chi connectivity index (χ1n) is 13.8. The van der Waals surface area contributed by atoms with E-state index in [1.54, 1.807) is 4.90 Å². The molecule has 0 aromatic heterocycles. The van der Waals surface area contributed by atoms with E-state index in [4.69, 9.17) is 11.6 Å². The van der Waals surface area contributed by atoms with Crippen molar-refractivity contribution in [1.29, 1.82) is 0 Å². The van der Waals surface area contributed by atoms with E-state index in [1.807, 2.05) is 78.9 Å². The van der Waals surface area contributed by atoms with Crippen molar-refractivity contribution in [2.24, 2.45) is 11.8 Å². The number of benzene rings is 3. The molecule has 1 aliphatic rings. The summed E-state index contributed by atoms with van der Waals surface area (Å²) in [6.07, 6.45) is 1.89. The van der Waals surface area contributed by atoms with Gasteiger partial charge >= 0.3 is 0 Å². The Kier molecular flexibility index (Phi) is 10.5. The Bertz CT molecular complexity index is 1340. The molecule has 3 aromatic carbocycles. The van der Waals surface area contributed by atoms with E-state index in [0.717, 1.165) is 41.3 Å². The minimum atomic E-state index is -0.0852. The number of nitrogens with zero attached hydrogens (tertiary/aromatic N) is 2. The smallest absolute Gasteiger partial charge is 0.265 e. The molecule has 1 heterocycles. The fraction of sp³-hybridized carbons (Fsp3) is 0.333. The zero-order valence-corrected chi connectivity index (χ0v) is 25.3. The van der Waals surface area contributed by atoms with E-state index in [1.165, 1.54) is 11.8 Å². The van der Waals surface area contributed by atoms with Crippen molar-refractivity contribution in [3.63, 3.8) is 0 Å². The van der Waals surface area contributed by atoms with Crippen molar-refractivity contribution in [2.45, 2.75) is 39.1 Å². The molecule has 0 bridgehead atoms. The number of para-hydroxylation sites is 1. The van der Waals surface area contributed by atoms with Crippen LogP contribution in [-0.2, 0) is 11.3 Å². The third-order valence-corrected chi connectivity index (χ3v) is 7.81. The van der Waals surface area contributed by atoms with Gasteiger partial charge in [-0.1, -0.05) is 87.5 Å². The molecule has 0 saturated carbocycles. The lowest BCUT2D eigenvalue weighted by molar-refractivity contribution is -0.114. The first-order chi connectivity index (χ1) is 19.2. The second-order valence-corrected chi connectivity index (χ2v) is 12.5. The number of carbonyl (C=O) groups is 2. The SMILES string of the molecule is CC(C)CN(CCNC(=O)c1ccc(C=C2Sc3ccccc3N(Cc3cccc(Cl)c3)C2=O)cc1)CC(C)C. The Hall–Kier alpha value is -3.06. The van der Waals surface area contributed by atoms with Crippen LogP contribution in [0.3, 0.4) is 0 Å². The van der Waals surface area contributed by atoms with Gasteiger partial charge in [0.15, 0.2) is 0 Å². The zero-order valence-electron chi connectivity index (χ0n) is 23.7. The van der Waals surface area contributed by atoms with E-state index in [2.05, 4.69) is 37.9 Å². The van der Waals surface area contributed by atoms with Gasteiger partial charge in [-0.2, -0.15) is 0 Å². The Morgan fingerprint density at radius 2 is 1.68 bits per heavy atom. The highest BCUT2D eigenvalue weighted by molar-refractivity contribution is 8.04. The summed E-state index contributed by atoms with van der Waals surface area (Å²) < 4.78 is 0. The lowest BCUT2D eigenvalue weighted by atomic mass is 10.1. The zero-order chi connectivity index (χ0) is 28.6. The van der Waals surface area contributed by atoms with Crippen LogP contribution < -0.4 is 10.2 Å². The van der Waals surface area contributed by atoms with Crippen LogP contribution in [0.25, 0.3) is 6.08 Å². The summed E-state index contributed by atoms with van der Waals surface area (Å²) >= 11 is 7.67. The quantitative estimate of drug-likeness (QED) is 0.243. The molecule has 0 aliphatic carbocycles. The fourth-order valence-corrected chi connectivity index (χ4v) is 6.11. The number of halogens is 1. The predicted molar refractivity (Wildman–Crippen MR) is 168 cm³/mol. The van der Waals surface area contributed by atoms with Crippen molar-refractivity contribution in [3.05, 3.63) is 99.4 Å². The molecule has 0 fully saturated rings. The highest BCUT2D eigenvalue weighted by atomic mass is 35.5. The van der Waals surface area contributed by atoms with Crippen LogP contribution in [-0.4, -0.2) is 42.9 Å². The van der Waals surface area contributed by atoms with Gasteiger partial charge in [0, 0.05) is 41.7 Å². The number of carbonyl (C=O) groups excluding carboxylic acids is 2. The molecular formula is C33H38ClN3O2S. The molecule has 1 aliphatic heterocycles. The number of rotatable bonds is 11. The van der Waals surface area contributed by atoms with Crippen LogP contribution in [0.1, 0.15) is 49.2 Å². The van der Waals surface area contributed by atoms with E-state index >= 15 is 0 Å². The Morgan fingerprint density at radius 1 is 0.975 bits per heavy atom. The standard InChI is InChI=1S/C33H38ClN3O2S/c1-23(2)20-36(21-24(3)4)17-16-35-32(38)27-14-12-25(13-15-27)19-31-33(39)37(22-26-8-7-9-28(34)18-26)29-10-5-6-11-30(29)40-31/h5-15,18-19,23-24H,16-17,20-22H2,1-4H3,(H,35,38). The Morgan fingerprint density at radius 3 is 2.35 bits per heavy atom. The summed E-state index contributed by atoms with van der Waals surface area (Å²) in [5.74, 6) is 1.03. The summed E-state index contributed by atoms with van der Waals surface area (Å²) in [6, 6.07) is 22.9. The van der Waals surface area contributed by atoms with E-state index in [9.17, 15) is 9.59 Å². The maximum atomic E-state index is 13.6. The van der Waals surface area contributed by atoms with Gasteiger partial charge in [0.25, 0.3) is 11.8 Å². The predicted octanol–water partition coefficient (Wildman–Crippen LogP) is 7.36. The van der Waals surface area contributed by atoms with Crippen molar-refractivity contribution in [1.82, 2.24) is 10.2 Å². The molecule has 5 nitrogen and oxygen atoms in total. The maximum Gasteiger partial charge on any atom is 0.265 e. The van der Waals surface area contributed by atoms with Crippen LogP contribution in [0.2, 0.25) is 5.02 Å². The lowest BCUT2D eigenvalue weighted by Gasteiger charge is -2.30. The van der Waals surface area contributed by atoms with Crippen LogP contribution in [0.5, 0.6) is 0 Å². The summed E-state index contributed by atoms with van der Waals surface area (Å²) in [4.78, 5) is 32.3. The fourth-order valence-electron chi connectivity index (χ4n) is 4.84. The molecule has 1 N–H and O–H groups in total. The average molecular weight is 576 g/mol. The number of fused-ring (bicyclic) bond motifs is 1. The first-order valence-corrected chi connectivity index (χ1v) is 15.0. The highest BCUT2D eigenvalue weighted by Crippen LogP contribution is 2.42. The van der Waals surface area contributed by atoms with Gasteiger partial charge in [-0.25, -0.2) is 0 Å². The molecule has 2 amide bonds. The second-order valence-electron chi connectivity index (χ2n) is 11.0. The van der Waals surface area contributed by atoms with Crippen molar-refractivity contribution in [2.75, 3.05) is 31.1 Å². The molecule has 0 radical (unpaired) electrons. The van der Waals surface area contributed by atoms with Gasteiger partial charge in [-0.05, 0) is 65.4 Å². The van der Waals surface area contributed by atoms with Gasteiger partial charge in [0.1, 0.15) is 0 Å². The molecule has 40 heavy (non-hydrogen) atoms. The average Bonchev–Trinajstić information content (AvgIpc) is 2.90. The molecule has 0 saturated heterocycles. The van der Waals surface area contributed by atoms with Gasteiger partial charge in [0.2, 0.25) is 0 Å². The minimum Gasteiger partial charge on any atom is -0.351 e. The summed E-state index contributed by atoms with van der Waals surface area (Å²) in [5.41, 5.74) is 3.34. The van der Waals surface area contributed by atoms with E-state index in [0.29, 0.717) is 40.4 Å². The number of anilines is 1. The molecule has 0 atom stereocenters. The monoisotopic (exact) mass is 575 g/mol. The van der Waals surface area contributed by atoms with Crippen LogP contribution in [0, 0.1) is 11.8 Å². The van der Waals surface area contributed by atoms with E-state index < -0.39 is 0 Å². The molecule has 0 unspecified atom stereocenters. The molecule has 0 spiro atoms. The van der Waals surface area contributed by atoms with Gasteiger partial charge in [-0.3, -0.25) is 9.59 Å². The number of amides is 2. The molecule has 4 rings (SSSR count). The highest BCUT2D eigenvalue weighted by Gasteiger charge is 2.29.